The summed E-state index contributed by atoms with van der Waals surface area (Å²) in [5, 5.41) is 3.20. The van der Waals surface area contributed by atoms with E-state index in [4.69, 9.17) is 4.74 Å². The van der Waals surface area contributed by atoms with Crippen LogP contribution in [-0.4, -0.2) is 49.7 Å². The maximum atomic E-state index is 12.2. The van der Waals surface area contributed by atoms with Crippen LogP contribution < -0.4 is 5.32 Å². The molecule has 1 heterocycles. The van der Waals surface area contributed by atoms with Crippen molar-refractivity contribution < 1.29 is 9.53 Å². The molecule has 0 aromatic rings. The van der Waals surface area contributed by atoms with Gasteiger partial charge in [-0.05, 0) is 25.7 Å². The van der Waals surface area contributed by atoms with Crippen molar-refractivity contribution >= 4 is 5.91 Å². The molecule has 1 aliphatic heterocycles. The van der Waals surface area contributed by atoms with Crippen molar-refractivity contribution in [3.63, 3.8) is 0 Å². The highest BCUT2D eigenvalue weighted by atomic mass is 16.5. The van der Waals surface area contributed by atoms with Gasteiger partial charge in [-0.1, -0.05) is 6.42 Å². The van der Waals surface area contributed by atoms with Gasteiger partial charge in [0.2, 0.25) is 0 Å². The van der Waals surface area contributed by atoms with Crippen LogP contribution in [0.15, 0.2) is 0 Å². The first-order chi connectivity index (χ1) is 7.81. The summed E-state index contributed by atoms with van der Waals surface area (Å²) >= 11 is 0. The van der Waals surface area contributed by atoms with Gasteiger partial charge in [-0.3, -0.25) is 4.79 Å². The molecule has 2 rings (SSSR count). The fraction of sp³-hybridized carbons (Fsp3) is 0.917. The molecule has 4 nitrogen and oxygen atoms in total. The van der Waals surface area contributed by atoms with Crippen molar-refractivity contribution in [2.24, 2.45) is 5.92 Å². The number of nitrogens with one attached hydrogen (secondary N) is 1. The minimum Gasteiger partial charge on any atom is -0.366 e. The molecule has 4 heteroatoms. The second-order valence-electron chi connectivity index (χ2n) is 4.74. The molecule has 1 amide bonds. The van der Waals surface area contributed by atoms with Crippen LogP contribution in [0.2, 0.25) is 0 Å². The number of amides is 1. The zero-order chi connectivity index (χ0) is 11.4. The van der Waals surface area contributed by atoms with E-state index >= 15 is 0 Å². The predicted molar refractivity (Wildman–Crippen MR) is 62.2 cm³/mol. The first-order valence-corrected chi connectivity index (χ1v) is 6.42. The van der Waals surface area contributed by atoms with E-state index in [1.165, 1.54) is 19.3 Å². The Balaban J connectivity index is 1.83. The average Bonchev–Trinajstić information content (AvgIpc) is 2.28. The van der Waals surface area contributed by atoms with Gasteiger partial charge in [0.1, 0.15) is 6.10 Å². The third-order valence-corrected chi connectivity index (χ3v) is 3.60. The van der Waals surface area contributed by atoms with Crippen LogP contribution >= 0.6 is 0 Å². The molecule has 16 heavy (non-hydrogen) atoms. The number of carbonyl (C=O) groups excluding carboxylic acids is 1. The van der Waals surface area contributed by atoms with Crippen molar-refractivity contribution in [1.29, 1.82) is 0 Å². The fourth-order valence-electron chi connectivity index (χ4n) is 2.29. The smallest absolute Gasteiger partial charge is 0.253 e. The number of rotatable bonds is 4. The maximum absolute atomic E-state index is 12.2. The molecule has 1 saturated heterocycles. The molecule has 2 aliphatic rings. The van der Waals surface area contributed by atoms with Crippen molar-refractivity contribution in [3.8, 4) is 0 Å². The van der Waals surface area contributed by atoms with Gasteiger partial charge in [0.25, 0.3) is 5.91 Å². The summed E-state index contributed by atoms with van der Waals surface area (Å²) in [6.07, 6.45) is 3.65. The van der Waals surface area contributed by atoms with E-state index in [9.17, 15) is 4.79 Å². The van der Waals surface area contributed by atoms with Crippen LogP contribution in [-0.2, 0) is 9.53 Å². The zero-order valence-corrected chi connectivity index (χ0v) is 10.1. The van der Waals surface area contributed by atoms with Crippen LogP contribution in [0.4, 0.5) is 0 Å². The van der Waals surface area contributed by atoms with Gasteiger partial charge >= 0.3 is 0 Å². The normalized spacial score (nSPS) is 26.2. The highest BCUT2D eigenvalue weighted by molar-refractivity contribution is 5.81. The average molecular weight is 226 g/mol. The van der Waals surface area contributed by atoms with E-state index in [1.54, 1.807) is 0 Å². The lowest BCUT2D eigenvalue weighted by atomic mass is 9.85. The summed E-state index contributed by atoms with van der Waals surface area (Å²) in [5.74, 6) is 0.905. The second kappa shape index (κ2) is 5.64. The Labute approximate surface area is 97.3 Å². The van der Waals surface area contributed by atoms with Crippen LogP contribution in [0.3, 0.4) is 0 Å². The Morgan fingerprint density at radius 2 is 2.31 bits per heavy atom. The van der Waals surface area contributed by atoms with Crippen LogP contribution in [0, 0.1) is 5.92 Å². The number of hydrogen-bond acceptors (Lipinski definition) is 3. The van der Waals surface area contributed by atoms with E-state index in [1.807, 2.05) is 11.8 Å². The number of morpholine rings is 1. The Morgan fingerprint density at radius 3 is 2.81 bits per heavy atom. The molecular formula is C12H22N2O2. The molecular weight excluding hydrogens is 204 g/mol. The number of likely N-dealkylation sites (N-methyl/N-ethyl adjacent to an activating group) is 1. The first-order valence-electron chi connectivity index (χ1n) is 6.42. The quantitative estimate of drug-likeness (QED) is 0.764. The molecule has 1 unspecified atom stereocenters. The summed E-state index contributed by atoms with van der Waals surface area (Å²) in [5.41, 5.74) is 0. The Bertz CT molecular complexity index is 235. The van der Waals surface area contributed by atoms with Gasteiger partial charge in [-0.15, -0.1) is 0 Å². The van der Waals surface area contributed by atoms with Gasteiger partial charge in [0.15, 0.2) is 0 Å². The van der Waals surface area contributed by atoms with Gasteiger partial charge in [-0.25, -0.2) is 0 Å². The van der Waals surface area contributed by atoms with E-state index in [0.717, 1.165) is 25.6 Å². The topological polar surface area (TPSA) is 41.6 Å². The second-order valence-corrected chi connectivity index (χ2v) is 4.74. The van der Waals surface area contributed by atoms with Crippen molar-refractivity contribution in [3.05, 3.63) is 0 Å². The van der Waals surface area contributed by atoms with E-state index in [2.05, 4.69) is 5.32 Å². The zero-order valence-electron chi connectivity index (χ0n) is 10.1. The van der Waals surface area contributed by atoms with Crippen LogP contribution in [0.5, 0.6) is 0 Å². The van der Waals surface area contributed by atoms with Crippen LogP contribution in [0.1, 0.15) is 26.2 Å². The molecule has 0 aromatic heterocycles. The lowest BCUT2D eigenvalue weighted by Crippen LogP contribution is -2.50. The van der Waals surface area contributed by atoms with E-state index in [0.29, 0.717) is 13.2 Å². The molecule has 0 aromatic carbocycles. The molecule has 0 radical (unpaired) electrons. The maximum Gasteiger partial charge on any atom is 0.253 e. The van der Waals surface area contributed by atoms with Gasteiger partial charge < -0.3 is 15.0 Å². The van der Waals surface area contributed by atoms with Gasteiger partial charge in [0.05, 0.1) is 6.61 Å². The lowest BCUT2D eigenvalue weighted by Gasteiger charge is -2.34. The largest absolute Gasteiger partial charge is 0.366 e. The molecule has 1 saturated carbocycles. The number of carbonyl (C=O) groups is 1. The lowest BCUT2D eigenvalue weighted by molar-refractivity contribution is -0.146. The van der Waals surface area contributed by atoms with E-state index in [-0.39, 0.29) is 12.0 Å². The first kappa shape index (κ1) is 11.9. The van der Waals surface area contributed by atoms with E-state index < -0.39 is 0 Å². The van der Waals surface area contributed by atoms with Gasteiger partial charge in [-0.2, -0.15) is 0 Å². The fourth-order valence-corrected chi connectivity index (χ4v) is 2.29. The molecule has 1 aliphatic carbocycles. The Kier molecular flexibility index (Phi) is 4.18. The summed E-state index contributed by atoms with van der Waals surface area (Å²) in [4.78, 5) is 14.1. The molecule has 0 bridgehead atoms. The summed E-state index contributed by atoms with van der Waals surface area (Å²) in [7, 11) is 0. The van der Waals surface area contributed by atoms with Crippen molar-refractivity contribution in [1.82, 2.24) is 10.2 Å². The SMILES string of the molecule is CCN(CC1CCC1)C(=O)C1CNCCO1. The standard InChI is InChI=1S/C12H22N2O2/c1-2-14(9-10-4-3-5-10)12(15)11-8-13-6-7-16-11/h10-11,13H,2-9H2,1H3. The molecule has 1 atom stereocenters. The number of nitrogens with zero attached hydrogens (tertiary/aromatic N) is 1. The molecule has 2 fully saturated rings. The Morgan fingerprint density at radius 1 is 1.50 bits per heavy atom. The van der Waals surface area contributed by atoms with Crippen molar-refractivity contribution in [2.45, 2.75) is 32.3 Å². The number of ether oxygens (including phenoxy) is 1. The Hall–Kier alpha value is -0.610. The summed E-state index contributed by atoms with van der Waals surface area (Å²) in [6, 6.07) is 0. The molecule has 0 spiro atoms. The van der Waals surface area contributed by atoms with Crippen LogP contribution in [0.25, 0.3) is 0 Å². The minimum absolute atomic E-state index is 0.168. The molecule has 1 N–H and O–H groups in total. The van der Waals surface area contributed by atoms with Crippen molar-refractivity contribution in [2.75, 3.05) is 32.8 Å². The summed E-state index contributed by atoms with van der Waals surface area (Å²) < 4.78 is 5.50. The third-order valence-electron chi connectivity index (χ3n) is 3.60. The highest BCUT2D eigenvalue weighted by Crippen LogP contribution is 2.27. The molecule has 92 valence electrons. The minimum atomic E-state index is -0.256. The monoisotopic (exact) mass is 226 g/mol. The highest BCUT2D eigenvalue weighted by Gasteiger charge is 2.29. The number of hydrogen-bond donors (Lipinski definition) is 1. The predicted octanol–water partition coefficient (Wildman–Crippen LogP) is 0.623. The van der Waals surface area contributed by atoms with Gasteiger partial charge in [0, 0.05) is 26.2 Å². The third kappa shape index (κ3) is 2.74. The summed E-state index contributed by atoms with van der Waals surface area (Å²) in [6.45, 7) is 5.95.